The normalized spacial score (nSPS) is 9.21. The molecule has 0 saturated carbocycles. The smallest absolute Gasteiger partial charge is 0.0155 e. The molecule has 0 atom stereocenters. The van der Waals surface area contributed by atoms with E-state index >= 15 is 0 Å². The molecule has 0 radical (unpaired) electrons. The largest absolute Gasteiger partial charge is 0.0776 e. The molecule has 0 N–H and O–H groups in total. The third-order valence-corrected chi connectivity index (χ3v) is 2.23. The Kier molecular flexibility index (Phi) is 3.47. The summed E-state index contributed by atoms with van der Waals surface area (Å²) < 4.78 is 0. The Labute approximate surface area is 86.2 Å². The van der Waals surface area contributed by atoms with Crippen LogP contribution in [-0.4, -0.2) is 0 Å². The third-order valence-electron chi connectivity index (χ3n) is 2.23. The molecule has 0 aliphatic rings. The van der Waals surface area contributed by atoms with E-state index in [1.54, 1.807) is 0 Å². The Morgan fingerprint density at radius 3 is 1.93 bits per heavy atom. The van der Waals surface area contributed by atoms with E-state index in [2.05, 4.69) is 55.5 Å². The molecule has 0 amide bonds. The van der Waals surface area contributed by atoms with Crippen LogP contribution in [0.15, 0.2) is 54.6 Å². The fourth-order valence-electron chi connectivity index (χ4n) is 1.51. The summed E-state index contributed by atoms with van der Waals surface area (Å²) in [7, 11) is 0. The maximum absolute atomic E-state index is 2.16. The maximum atomic E-state index is 2.16. The van der Waals surface area contributed by atoms with Gasteiger partial charge in [-0.05, 0) is 23.6 Å². The fraction of sp³-hybridized carbons (Fsp3) is 0.143. The molecule has 2 aromatic rings. The van der Waals surface area contributed by atoms with Crippen molar-refractivity contribution in [3.63, 3.8) is 0 Å². The Morgan fingerprint density at radius 1 is 0.714 bits per heavy atom. The average molecular weight is 184 g/mol. The predicted molar refractivity (Wildman–Crippen MR) is 63.3 cm³/mol. The van der Waals surface area contributed by atoms with Gasteiger partial charge in [-0.3, -0.25) is 0 Å². The van der Waals surface area contributed by atoms with Gasteiger partial charge in [0.1, 0.15) is 0 Å². The van der Waals surface area contributed by atoms with Crippen LogP contribution in [0.4, 0.5) is 0 Å². The van der Waals surface area contributed by atoms with E-state index in [9.17, 15) is 0 Å². The Hall–Kier alpha value is -1.56. The van der Waals surface area contributed by atoms with Crippen LogP contribution in [0, 0.1) is 6.92 Å². The summed E-state index contributed by atoms with van der Waals surface area (Å²) in [4.78, 5) is 0. The topological polar surface area (TPSA) is 0 Å². The van der Waals surface area contributed by atoms with Crippen LogP contribution in [0.1, 0.15) is 13.0 Å². The van der Waals surface area contributed by atoms with Gasteiger partial charge in [0.25, 0.3) is 0 Å². The zero-order valence-electron chi connectivity index (χ0n) is 7.70. The van der Waals surface area contributed by atoms with E-state index in [0.717, 1.165) is 0 Å². The van der Waals surface area contributed by atoms with Crippen molar-refractivity contribution in [3.05, 3.63) is 60.2 Å². The molecule has 0 unspecified atom stereocenters. The summed E-state index contributed by atoms with van der Waals surface area (Å²) in [6, 6.07) is 18.9. The highest BCUT2D eigenvalue weighted by Gasteiger charge is 1.97. The number of benzene rings is 2. The summed E-state index contributed by atoms with van der Waals surface area (Å²) in [5.74, 6) is 0. The first-order valence-corrected chi connectivity index (χ1v) is 4.49. The second kappa shape index (κ2) is 4.61. The minimum atomic E-state index is 0. The number of hydrogen-bond donors (Lipinski definition) is 0. The van der Waals surface area contributed by atoms with Crippen molar-refractivity contribution in [2.75, 3.05) is 0 Å². The zero-order chi connectivity index (χ0) is 9.10. The Balaban J connectivity index is 0.000000980. The van der Waals surface area contributed by atoms with Crippen LogP contribution in [0.5, 0.6) is 0 Å². The van der Waals surface area contributed by atoms with Crippen LogP contribution < -0.4 is 0 Å². The standard InChI is InChI=1S/C13H12.CH4/c1-11-7-5-6-10-13(11)12-8-3-2-4-9-12;/h2-10H,1H3;1H4. The highest BCUT2D eigenvalue weighted by Crippen LogP contribution is 2.21. The van der Waals surface area contributed by atoms with Crippen molar-refractivity contribution < 1.29 is 0 Å². The molecule has 14 heavy (non-hydrogen) atoms. The molecule has 0 aliphatic carbocycles. The lowest BCUT2D eigenvalue weighted by atomic mass is 10.0. The molecule has 0 aliphatic heterocycles. The van der Waals surface area contributed by atoms with Gasteiger partial charge in [-0.2, -0.15) is 0 Å². The highest BCUT2D eigenvalue weighted by atomic mass is 14.0. The number of aryl methyl sites for hydroxylation is 1. The molecule has 2 aromatic carbocycles. The fourth-order valence-corrected chi connectivity index (χ4v) is 1.51. The Morgan fingerprint density at radius 2 is 1.29 bits per heavy atom. The molecule has 0 heteroatoms. The van der Waals surface area contributed by atoms with E-state index < -0.39 is 0 Å². The van der Waals surface area contributed by atoms with Crippen molar-refractivity contribution in [1.82, 2.24) is 0 Å². The van der Waals surface area contributed by atoms with Gasteiger partial charge in [0.15, 0.2) is 0 Å². The average Bonchev–Trinajstić information content (AvgIpc) is 2.20. The van der Waals surface area contributed by atoms with Crippen molar-refractivity contribution in [2.24, 2.45) is 0 Å². The molecule has 0 fully saturated rings. The summed E-state index contributed by atoms with van der Waals surface area (Å²) in [5.41, 5.74) is 3.94. The van der Waals surface area contributed by atoms with E-state index in [-0.39, 0.29) is 7.43 Å². The van der Waals surface area contributed by atoms with Gasteiger partial charge < -0.3 is 0 Å². The summed E-state index contributed by atoms with van der Waals surface area (Å²) in [6.45, 7) is 2.14. The lowest BCUT2D eigenvalue weighted by Gasteiger charge is -2.04. The number of rotatable bonds is 1. The van der Waals surface area contributed by atoms with Gasteiger partial charge in [0.05, 0.1) is 0 Å². The van der Waals surface area contributed by atoms with E-state index in [0.29, 0.717) is 0 Å². The summed E-state index contributed by atoms with van der Waals surface area (Å²) >= 11 is 0. The van der Waals surface area contributed by atoms with Crippen molar-refractivity contribution in [2.45, 2.75) is 14.4 Å². The minimum absolute atomic E-state index is 0. The SMILES string of the molecule is C.Cc1ccccc1-c1ccccc1. The third kappa shape index (κ3) is 2.02. The van der Waals surface area contributed by atoms with Crippen LogP contribution in [0.3, 0.4) is 0 Å². The quantitative estimate of drug-likeness (QED) is 0.620. The molecular formula is C14H16. The van der Waals surface area contributed by atoms with Crippen molar-refractivity contribution in [1.29, 1.82) is 0 Å². The first-order valence-electron chi connectivity index (χ1n) is 4.49. The second-order valence-electron chi connectivity index (χ2n) is 3.18. The summed E-state index contributed by atoms with van der Waals surface area (Å²) in [6.07, 6.45) is 0. The molecule has 0 heterocycles. The first kappa shape index (κ1) is 10.5. The lowest BCUT2D eigenvalue weighted by molar-refractivity contribution is 1.46. The molecule has 0 bridgehead atoms. The lowest BCUT2D eigenvalue weighted by Crippen LogP contribution is -1.80. The van der Waals surface area contributed by atoms with Gasteiger partial charge >= 0.3 is 0 Å². The minimum Gasteiger partial charge on any atom is -0.0776 e. The van der Waals surface area contributed by atoms with Gasteiger partial charge in [-0.25, -0.2) is 0 Å². The molecule has 72 valence electrons. The molecule has 0 saturated heterocycles. The second-order valence-corrected chi connectivity index (χ2v) is 3.18. The van der Waals surface area contributed by atoms with E-state index in [1.807, 2.05) is 6.07 Å². The van der Waals surface area contributed by atoms with Crippen molar-refractivity contribution in [3.8, 4) is 11.1 Å². The molecule has 0 spiro atoms. The van der Waals surface area contributed by atoms with Gasteiger partial charge in [-0.15, -0.1) is 0 Å². The van der Waals surface area contributed by atoms with E-state index in [1.165, 1.54) is 16.7 Å². The van der Waals surface area contributed by atoms with Crippen LogP contribution in [0.2, 0.25) is 0 Å². The van der Waals surface area contributed by atoms with E-state index in [4.69, 9.17) is 0 Å². The van der Waals surface area contributed by atoms with Gasteiger partial charge in [0.2, 0.25) is 0 Å². The Bertz CT molecular complexity index is 388. The molecule has 0 aromatic heterocycles. The first-order chi connectivity index (χ1) is 6.38. The van der Waals surface area contributed by atoms with Gasteiger partial charge in [0, 0.05) is 0 Å². The van der Waals surface area contributed by atoms with Crippen LogP contribution in [-0.2, 0) is 0 Å². The van der Waals surface area contributed by atoms with Crippen molar-refractivity contribution >= 4 is 0 Å². The monoisotopic (exact) mass is 184 g/mol. The van der Waals surface area contributed by atoms with Gasteiger partial charge in [-0.1, -0.05) is 62.0 Å². The predicted octanol–water partition coefficient (Wildman–Crippen LogP) is 4.30. The molecule has 0 nitrogen and oxygen atoms in total. The zero-order valence-corrected chi connectivity index (χ0v) is 7.70. The molecular weight excluding hydrogens is 168 g/mol. The van der Waals surface area contributed by atoms with Crippen LogP contribution in [0.25, 0.3) is 11.1 Å². The van der Waals surface area contributed by atoms with Crippen LogP contribution >= 0.6 is 0 Å². The molecule has 2 rings (SSSR count). The summed E-state index contributed by atoms with van der Waals surface area (Å²) in [5, 5.41) is 0. The number of hydrogen-bond acceptors (Lipinski definition) is 0. The maximum Gasteiger partial charge on any atom is -0.0155 e. The highest BCUT2D eigenvalue weighted by molar-refractivity contribution is 5.66.